The van der Waals surface area contributed by atoms with Crippen molar-refractivity contribution >= 4 is 15.9 Å². The first-order valence-corrected chi connectivity index (χ1v) is 14.5. The fourth-order valence-electron chi connectivity index (χ4n) is 5.22. The van der Waals surface area contributed by atoms with E-state index in [-0.39, 0.29) is 29.8 Å². The molecule has 1 fully saturated rings. The van der Waals surface area contributed by atoms with E-state index in [2.05, 4.69) is 26.0 Å². The number of sulfonamides is 1. The summed E-state index contributed by atoms with van der Waals surface area (Å²) in [6.07, 6.45) is 2.93. The summed E-state index contributed by atoms with van der Waals surface area (Å²) in [5, 5.41) is 0. The molecule has 6 nitrogen and oxygen atoms in total. The Balaban J connectivity index is 1.66. The zero-order valence-corrected chi connectivity index (χ0v) is 23.4. The van der Waals surface area contributed by atoms with Crippen LogP contribution in [0.4, 0.5) is 0 Å². The molecule has 2 aromatic rings. The molecule has 0 aromatic heterocycles. The molecule has 0 aliphatic carbocycles. The Bertz CT molecular complexity index is 1100. The summed E-state index contributed by atoms with van der Waals surface area (Å²) in [4.78, 5) is 15.8. The lowest BCUT2D eigenvalue weighted by Crippen LogP contribution is -2.52. The van der Waals surface area contributed by atoms with Gasteiger partial charge in [0.2, 0.25) is 15.9 Å². The molecular weight excluding hydrogens is 472 g/mol. The Hall–Kier alpha value is -2.38. The van der Waals surface area contributed by atoms with Crippen molar-refractivity contribution in [3.63, 3.8) is 0 Å². The first-order chi connectivity index (χ1) is 17.0. The predicted octanol–water partition coefficient (Wildman–Crippen LogP) is 5.30. The Kier molecular flexibility index (Phi) is 9.59. The van der Waals surface area contributed by atoms with Gasteiger partial charge in [-0.2, -0.15) is 4.31 Å². The summed E-state index contributed by atoms with van der Waals surface area (Å²) in [7, 11) is -1.96. The van der Waals surface area contributed by atoms with Crippen molar-refractivity contribution in [3.05, 3.63) is 59.7 Å². The summed E-state index contributed by atoms with van der Waals surface area (Å²) in [5.41, 5.74) is 2.12. The lowest BCUT2D eigenvalue weighted by atomic mass is 9.87. The minimum atomic E-state index is -3.61. The molecule has 0 N–H and O–H groups in total. The third-order valence-corrected chi connectivity index (χ3v) is 9.36. The molecule has 3 rings (SSSR count). The van der Waals surface area contributed by atoms with Crippen LogP contribution in [0.2, 0.25) is 0 Å². The maximum absolute atomic E-state index is 13.5. The van der Waals surface area contributed by atoms with E-state index in [9.17, 15) is 13.2 Å². The van der Waals surface area contributed by atoms with Crippen molar-refractivity contribution in [2.75, 3.05) is 20.2 Å². The zero-order valence-electron chi connectivity index (χ0n) is 22.6. The van der Waals surface area contributed by atoms with Gasteiger partial charge in [-0.1, -0.05) is 38.1 Å². The van der Waals surface area contributed by atoms with Crippen molar-refractivity contribution in [1.29, 1.82) is 0 Å². The second-order valence-corrected chi connectivity index (χ2v) is 12.4. The van der Waals surface area contributed by atoms with Crippen LogP contribution in [-0.2, 0) is 21.2 Å². The molecule has 1 aliphatic rings. The van der Waals surface area contributed by atoms with Crippen LogP contribution in [0.3, 0.4) is 0 Å². The molecule has 0 spiro atoms. The van der Waals surface area contributed by atoms with Crippen molar-refractivity contribution in [3.8, 4) is 5.75 Å². The number of piperidine rings is 1. The molecule has 198 valence electrons. The number of rotatable bonds is 10. The van der Waals surface area contributed by atoms with Crippen molar-refractivity contribution < 1.29 is 17.9 Å². The standard InChI is InChI=1S/C29H42N2O4S/c1-21(2)28(15-12-24-10-13-26(35-6)14-11-24)29(32)30-18-16-25(17-19-30)31(22(3)4)36(33,34)27-9-7-8-23(5)20-27/h7-11,13-14,20-22,25,28H,12,15-19H2,1-6H3/t28-/m0/s1. The summed E-state index contributed by atoms with van der Waals surface area (Å²) in [6, 6.07) is 14.9. The molecule has 2 aromatic carbocycles. The zero-order chi connectivity index (χ0) is 26.5. The highest BCUT2D eigenvalue weighted by Crippen LogP contribution is 2.29. The first-order valence-electron chi connectivity index (χ1n) is 13.1. The molecule has 0 saturated carbocycles. The average molecular weight is 515 g/mol. The Morgan fingerprint density at radius 1 is 1.06 bits per heavy atom. The molecule has 1 amide bonds. The van der Waals surface area contributed by atoms with Gasteiger partial charge in [0.05, 0.1) is 12.0 Å². The van der Waals surface area contributed by atoms with Crippen LogP contribution in [0.15, 0.2) is 53.4 Å². The van der Waals surface area contributed by atoms with E-state index in [0.29, 0.717) is 30.8 Å². The molecule has 7 heteroatoms. The third kappa shape index (κ3) is 6.68. The van der Waals surface area contributed by atoms with Crippen LogP contribution in [0.5, 0.6) is 5.75 Å². The molecule has 1 atom stereocenters. The van der Waals surface area contributed by atoms with Crippen LogP contribution >= 0.6 is 0 Å². The number of hydrogen-bond donors (Lipinski definition) is 0. The largest absolute Gasteiger partial charge is 0.497 e. The van der Waals surface area contributed by atoms with Crippen LogP contribution in [0.25, 0.3) is 0 Å². The molecule has 1 aliphatic heterocycles. The lowest BCUT2D eigenvalue weighted by Gasteiger charge is -2.41. The maximum Gasteiger partial charge on any atom is 0.243 e. The van der Waals surface area contributed by atoms with Crippen LogP contribution < -0.4 is 4.74 Å². The quantitative estimate of drug-likeness (QED) is 0.432. The Morgan fingerprint density at radius 2 is 1.69 bits per heavy atom. The van der Waals surface area contributed by atoms with Gasteiger partial charge >= 0.3 is 0 Å². The normalized spacial score (nSPS) is 16.1. The van der Waals surface area contributed by atoms with Crippen LogP contribution in [0, 0.1) is 18.8 Å². The molecule has 1 heterocycles. The third-order valence-electron chi connectivity index (χ3n) is 7.23. The number of benzene rings is 2. The number of aryl methyl sites for hydroxylation is 2. The second kappa shape index (κ2) is 12.2. The van der Waals surface area contributed by atoms with E-state index < -0.39 is 10.0 Å². The number of methoxy groups -OCH3 is 1. The average Bonchev–Trinajstić information content (AvgIpc) is 2.84. The number of likely N-dealkylation sites (tertiary alicyclic amines) is 1. The van der Waals surface area contributed by atoms with Crippen LogP contribution in [-0.4, -0.2) is 55.8 Å². The minimum absolute atomic E-state index is 0.0547. The molecule has 0 bridgehead atoms. The van der Waals surface area contributed by atoms with E-state index in [4.69, 9.17) is 4.74 Å². The molecule has 0 radical (unpaired) electrons. The van der Waals surface area contributed by atoms with Gasteiger partial charge in [0.25, 0.3) is 0 Å². The van der Waals surface area contributed by atoms with E-state index in [1.807, 2.05) is 43.9 Å². The number of carbonyl (C=O) groups excluding carboxylic acids is 1. The molecule has 0 unspecified atom stereocenters. The van der Waals surface area contributed by atoms with Gasteiger partial charge in [0.1, 0.15) is 5.75 Å². The van der Waals surface area contributed by atoms with Gasteiger partial charge in [-0.25, -0.2) is 8.42 Å². The smallest absolute Gasteiger partial charge is 0.243 e. The van der Waals surface area contributed by atoms with Crippen molar-refractivity contribution in [2.24, 2.45) is 11.8 Å². The van der Waals surface area contributed by atoms with Gasteiger partial charge in [-0.3, -0.25) is 4.79 Å². The number of amides is 1. The number of ether oxygens (including phenoxy) is 1. The van der Waals surface area contributed by atoms with E-state index >= 15 is 0 Å². The van der Waals surface area contributed by atoms with Gasteiger partial charge in [-0.05, 0) is 87.8 Å². The van der Waals surface area contributed by atoms with Crippen molar-refractivity contribution in [2.45, 2.75) is 77.3 Å². The first kappa shape index (κ1) is 28.2. The second-order valence-electron chi connectivity index (χ2n) is 10.5. The monoisotopic (exact) mass is 514 g/mol. The fourth-order valence-corrected chi connectivity index (χ4v) is 7.21. The molecular formula is C29H42N2O4S. The van der Waals surface area contributed by atoms with Crippen LogP contribution in [0.1, 0.15) is 58.1 Å². The molecule has 36 heavy (non-hydrogen) atoms. The number of nitrogens with zero attached hydrogens (tertiary/aromatic N) is 2. The van der Waals surface area contributed by atoms with Gasteiger partial charge in [0, 0.05) is 31.1 Å². The van der Waals surface area contributed by atoms with E-state index in [1.165, 1.54) is 5.56 Å². The Morgan fingerprint density at radius 3 is 2.22 bits per heavy atom. The number of hydrogen-bond acceptors (Lipinski definition) is 4. The highest BCUT2D eigenvalue weighted by molar-refractivity contribution is 7.89. The van der Waals surface area contributed by atoms with E-state index in [1.54, 1.807) is 29.6 Å². The molecule has 1 saturated heterocycles. The topological polar surface area (TPSA) is 66.9 Å². The highest BCUT2D eigenvalue weighted by atomic mass is 32.2. The van der Waals surface area contributed by atoms with Gasteiger partial charge < -0.3 is 9.64 Å². The highest BCUT2D eigenvalue weighted by Gasteiger charge is 2.37. The predicted molar refractivity (Wildman–Crippen MR) is 145 cm³/mol. The maximum atomic E-state index is 13.5. The SMILES string of the molecule is COc1ccc(CC[C@H](C(=O)N2CCC(N(C(C)C)S(=O)(=O)c3cccc(C)c3)CC2)C(C)C)cc1. The van der Waals surface area contributed by atoms with Gasteiger partial charge in [-0.15, -0.1) is 0 Å². The summed E-state index contributed by atoms with van der Waals surface area (Å²) < 4.78 is 34.0. The van der Waals surface area contributed by atoms with E-state index in [0.717, 1.165) is 24.2 Å². The summed E-state index contributed by atoms with van der Waals surface area (Å²) in [6.45, 7) is 11.2. The van der Waals surface area contributed by atoms with Crippen molar-refractivity contribution in [1.82, 2.24) is 9.21 Å². The minimum Gasteiger partial charge on any atom is -0.497 e. The summed E-state index contributed by atoms with van der Waals surface area (Å²) in [5.74, 6) is 1.20. The lowest BCUT2D eigenvalue weighted by molar-refractivity contribution is -0.138. The van der Waals surface area contributed by atoms with Gasteiger partial charge in [0.15, 0.2) is 0 Å². The Labute approximate surface area is 217 Å². The summed E-state index contributed by atoms with van der Waals surface area (Å²) >= 11 is 0. The number of carbonyl (C=O) groups is 1. The fraction of sp³-hybridized carbons (Fsp3) is 0.552.